The molecule has 0 spiro atoms. The molecule has 2 N–H and O–H groups in total. The maximum absolute atomic E-state index is 12.2. The summed E-state index contributed by atoms with van der Waals surface area (Å²) in [6, 6.07) is 7.59. The molecule has 1 heterocycles. The van der Waals surface area contributed by atoms with Crippen molar-refractivity contribution in [3.63, 3.8) is 0 Å². The van der Waals surface area contributed by atoms with Gasteiger partial charge < -0.3 is 10.4 Å². The summed E-state index contributed by atoms with van der Waals surface area (Å²) in [5.41, 5.74) is 1.60. The number of hydrogen-bond acceptors (Lipinski definition) is 5. The average molecular weight is 340 g/mol. The predicted octanol–water partition coefficient (Wildman–Crippen LogP) is 3.96. The highest BCUT2D eigenvalue weighted by Gasteiger charge is 2.16. The van der Waals surface area contributed by atoms with E-state index < -0.39 is 5.91 Å². The van der Waals surface area contributed by atoms with Crippen LogP contribution in [0.25, 0.3) is 11.0 Å². The number of benzene rings is 2. The lowest BCUT2D eigenvalue weighted by Crippen LogP contribution is -2.12. The van der Waals surface area contributed by atoms with Crippen LogP contribution in [0.15, 0.2) is 30.3 Å². The van der Waals surface area contributed by atoms with Crippen molar-refractivity contribution in [2.45, 2.75) is 0 Å². The molecule has 5 nitrogen and oxygen atoms in total. The zero-order chi connectivity index (χ0) is 15.0. The lowest BCUT2D eigenvalue weighted by molar-refractivity contribution is 0.102. The van der Waals surface area contributed by atoms with E-state index in [2.05, 4.69) is 14.1 Å². The molecular weight excluding hydrogens is 333 g/mol. The van der Waals surface area contributed by atoms with E-state index in [0.29, 0.717) is 26.8 Å². The van der Waals surface area contributed by atoms with Gasteiger partial charge in [-0.05, 0) is 30.3 Å². The lowest BCUT2D eigenvalue weighted by atomic mass is 10.1. The number of aromatic nitrogens is 2. The van der Waals surface area contributed by atoms with Gasteiger partial charge in [0.15, 0.2) is 0 Å². The number of phenolic OH excluding ortho intramolecular Hbond substituents is 1. The Morgan fingerprint density at radius 3 is 2.76 bits per heavy atom. The number of rotatable bonds is 2. The predicted molar refractivity (Wildman–Crippen MR) is 83.5 cm³/mol. The van der Waals surface area contributed by atoms with Crippen LogP contribution in [0, 0.1) is 0 Å². The standard InChI is InChI=1S/C13H7Cl2N3O2S/c14-6-1-2-7(10(19)5-6)13(20)16-11-8(15)3-4-9-12(11)18-21-17-9/h1-5,19H,(H,16,20). The summed E-state index contributed by atoms with van der Waals surface area (Å²) >= 11 is 12.9. The van der Waals surface area contributed by atoms with Gasteiger partial charge in [0, 0.05) is 5.02 Å². The molecule has 8 heteroatoms. The Bertz CT molecular complexity index is 851. The minimum Gasteiger partial charge on any atom is -0.507 e. The minimum atomic E-state index is -0.508. The van der Waals surface area contributed by atoms with Crippen LogP contribution in [0.5, 0.6) is 5.75 Å². The average Bonchev–Trinajstić information content (AvgIpc) is 2.90. The molecule has 0 bridgehead atoms. The summed E-state index contributed by atoms with van der Waals surface area (Å²) in [6.45, 7) is 0. The monoisotopic (exact) mass is 339 g/mol. The third kappa shape index (κ3) is 2.65. The molecule has 106 valence electrons. The summed E-state index contributed by atoms with van der Waals surface area (Å²) in [6.07, 6.45) is 0. The molecule has 2 aromatic carbocycles. The van der Waals surface area contributed by atoms with Crippen LogP contribution in [0.1, 0.15) is 10.4 Å². The van der Waals surface area contributed by atoms with Crippen molar-refractivity contribution in [1.82, 2.24) is 8.75 Å². The fraction of sp³-hybridized carbons (Fsp3) is 0. The highest BCUT2D eigenvalue weighted by atomic mass is 35.5. The Balaban J connectivity index is 2.00. The number of aromatic hydroxyl groups is 1. The molecule has 0 aliphatic rings. The maximum atomic E-state index is 12.2. The van der Waals surface area contributed by atoms with Crippen LogP contribution < -0.4 is 5.32 Å². The van der Waals surface area contributed by atoms with Crippen LogP contribution in [0.2, 0.25) is 10.0 Å². The molecule has 0 unspecified atom stereocenters. The van der Waals surface area contributed by atoms with E-state index in [4.69, 9.17) is 23.2 Å². The molecule has 0 saturated heterocycles. The second-order valence-corrected chi connectivity index (χ2v) is 5.54. The van der Waals surface area contributed by atoms with Gasteiger partial charge >= 0.3 is 0 Å². The number of amides is 1. The van der Waals surface area contributed by atoms with Gasteiger partial charge in [-0.1, -0.05) is 23.2 Å². The Kier molecular flexibility index (Phi) is 3.67. The van der Waals surface area contributed by atoms with Crippen molar-refractivity contribution < 1.29 is 9.90 Å². The Hall–Kier alpha value is -1.89. The van der Waals surface area contributed by atoms with Gasteiger partial charge in [-0.25, -0.2) is 0 Å². The van der Waals surface area contributed by atoms with E-state index in [1.54, 1.807) is 12.1 Å². The summed E-state index contributed by atoms with van der Waals surface area (Å²) in [7, 11) is 0. The number of nitrogens with zero attached hydrogens (tertiary/aromatic N) is 2. The number of anilines is 1. The van der Waals surface area contributed by atoms with Crippen LogP contribution in [0.4, 0.5) is 5.69 Å². The van der Waals surface area contributed by atoms with Gasteiger partial charge in [-0.15, -0.1) is 0 Å². The van der Waals surface area contributed by atoms with Crippen molar-refractivity contribution in [1.29, 1.82) is 0 Å². The third-order valence-corrected chi connectivity index (χ3v) is 3.91. The normalized spacial score (nSPS) is 10.8. The Morgan fingerprint density at radius 1 is 1.19 bits per heavy atom. The number of carbonyl (C=O) groups is 1. The molecule has 0 aliphatic carbocycles. The molecule has 21 heavy (non-hydrogen) atoms. The third-order valence-electron chi connectivity index (χ3n) is 2.82. The number of carbonyl (C=O) groups excluding carboxylic acids is 1. The van der Waals surface area contributed by atoms with E-state index in [-0.39, 0.29) is 11.3 Å². The van der Waals surface area contributed by atoms with Gasteiger partial charge in [0.1, 0.15) is 16.8 Å². The Morgan fingerprint density at radius 2 is 2.00 bits per heavy atom. The zero-order valence-corrected chi connectivity index (χ0v) is 12.6. The summed E-state index contributed by atoms with van der Waals surface area (Å²) < 4.78 is 8.19. The van der Waals surface area contributed by atoms with Gasteiger partial charge in [0.2, 0.25) is 0 Å². The van der Waals surface area contributed by atoms with Crippen LogP contribution >= 0.6 is 34.9 Å². The number of fused-ring (bicyclic) bond motifs is 1. The highest BCUT2D eigenvalue weighted by molar-refractivity contribution is 7.00. The van der Waals surface area contributed by atoms with E-state index in [1.165, 1.54) is 18.2 Å². The van der Waals surface area contributed by atoms with E-state index in [0.717, 1.165) is 11.7 Å². The van der Waals surface area contributed by atoms with Crippen molar-refractivity contribution >= 4 is 57.6 Å². The molecule has 0 radical (unpaired) electrons. The second kappa shape index (κ2) is 5.48. The van der Waals surface area contributed by atoms with E-state index in [1.807, 2.05) is 0 Å². The second-order valence-electron chi connectivity index (χ2n) is 4.17. The fourth-order valence-corrected chi connectivity index (χ4v) is 2.73. The van der Waals surface area contributed by atoms with Crippen molar-refractivity contribution in [3.05, 3.63) is 45.9 Å². The first-order chi connectivity index (χ1) is 10.1. The van der Waals surface area contributed by atoms with Gasteiger partial charge in [-0.2, -0.15) is 8.75 Å². The lowest BCUT2D eigenvalue weighted by Gasteiger charge is -2.09. The maximum Gasteiger partial charge on any atom is 0.259 e. The van der Waals surface area contributed by atoms with E-state index >= 15 is 0 Å². The van der Waals surface area contributed by atoms with E-state index in [9.17, 15) is 9.90 Å². The quantitative estimate of drug-likeness (QED) is 0.741. The first-order valence-electron chi connectivity index (χ1n) is 5.77. The molecular formula is C13H7Cl2N3O2S. The SMILES string of the molecule is O=C(Nc1c(Cl)ccc2nsnc12)c1ccc(Cl)cc1O. The summed E-state index contributed by atoms with van der Waals surface area (Å²) in [4.78, 5) is 12.2. The van der Waals surface area contributed by atoms with Gasteiger partial charge in [0.05, 0.1) is 28.0 Å². The fourth-order valence-electron chi connectivity index (χ4n) is 1.82. The Labute approximate surface area is 133 Å². The smallest absolute Gasteiger partial charge is 0.259 e. The van der Waals surface area contributed by atoms with Crippen molar-refractivity contribution in [3.8, 4) is 5.75 Å². The molecule has 0 atom stereocenters. The minimum absolute atomic E-state index is 0.0932. The molecule has 0 fully saturated rings. The largest absolute Gasteiger partial charge is 0.507 e. The number of phenols is 1. The van der Waals surface area contributed by atoms with Gasteiger partial charge in [-0.3, -0.25) is 4.79 Å². The van der Waals surface area contributed by atoms with Crippen LogP contribution in [-0.2, 0) is 0 Å². The van der Waals surface area contributed by atoms with Crippen molar-refractivity contribution in [2.24, 2.45) is 0 Å². The molecule has 3 aromatic rings. The number of hydrogen-bond donors (Lipinski definition) is 2. The van der Waals surface area contributed by atoms with Crippen LogP contribution in [0.3, 0.4) is 0 Å². The summed E-state index contributed by atoms with van der Waals surface area (Å²) in [5, 5.41) is 13.1. The van der Waals surface area contributed by atoms with Crippen LogP contribution in [-0.4, -0.2) is 19.8 Å². The zero-order valence-electron chi connectivity index (χ0n) is 10.3. The number of halogens is 2. The van der Waals surface area contributed by atoms with Gasteiger partial charge in [0.25, 0.3) is 5.91 Å². The first kappa shape index (κ1) is 14.1. The highest BCUT2D eigenvalue weighted by Crippen LogP contribution is 2.31. The van der Waals surface area contributed by atoms with Crippen molar-refractivity contribution in [2.75, 3.05) is 5.32 Å². The molecule has 0 aliphatic heterocycles. The first-order valence-corrected chi connectivity index (χ1v) is 7.25. The molecule has 1 amide bonds. The summed E-state index contributed by atoms with van der Waals surface area (Å²) in [5.74, 6) is -0.716. The molecule has 1 aromatic heterocycles. The number of nitrogens with one attached hydrogen (secondary N) is 1. The molecule has 3 rings (SSSR count). The molecule has 0 saturated carbocycles. The topological polar surface area (TPSA) is 75.1 Å².